The lowest BCUT2D eigenvalue weighted by molar-refractivity contribution is 0.0640. The predicted octanol–water partition coefficient (Wildman–Crippen LogP) is 5.36. The molecule has 0 aliphatic rings. The third kappa shape index (κ3) is 5.22. The molecule has 0 unspecified atom stereocenters. The fourth-order valence-electron chi connectivity index (χ4n) is 3.31. The summed E-state index contributed by atoms with van der Waals surface area (Å²) >= 11 is 5.89. The average Bonchev–Trinajstić information content (AvgIpc) is 3.14. The minimum absolute atomic E-state index is 0.0142. The zero-order valence-corrected chi connectivity index (χ0v) is 19.0. The highest BCUT2D eigenvalue weighted by molar-refractivity contribution is 6.30. The minimum Gasteiger partial charge on any atom is -0.487 e. The molecule has 35 heavy (non-hydrogen) atoms. The SMILES string of the molecule is Cc1nn(-c2cc(NC(=O)c3ccccc3)c(OCc3ccc(Cl)cc3)cc2F)c(=O)n1C(F)F. The van der Waals surface area contributed by atoms with Gasteiger partial charge in [-0.1, -0.05) is 41.9 Å². The van der Waals surface area contributed by atoms with Crippen molar-refractivity contribution in [1.29, 1.82) is 0 Å². The molecule has 0 aliphatic heterocycles. The molecule has 0 bridgehead atoms. The summed E-state index contributed by atoms with van der Waals surface area (Å²) in [6.07, 6.45) is 0. The largest absolute Gasteiger partial charge is 0.487 e. The molecule has 0 saturated carbocycles. The average molecular weight is 503 g/mol. The van der Waals surface area contributed by atoms with Crippen molar-refractivity contribution in [2.24, 2.45) is 0 Å². The van der Waals surface area contributed by atoms with Gasteiger partial charge in [-0.15, -0.1) is 5.10 Å². The van der Waals surface area contributed by atoms with Gasteiger partial charge < -0.3 is 10.1 Å². The van der Waals surface area contributed by atoms with Crippen LogP contribution in [0.2, 0.25) is 5.02 Å². The molecule has 1 amide bonds. The summed E-state index contributed by atoms with van der Waals surface area (Å²) in [7, 11) is 0. The zero-order valence-electron chi connectivity index (χ0n) is 18.2. The van der Waals surface area contributed by atoms with E-state index in [0.29, 0.717) is 15.3 Å². The van der Waals surface area contributed by atoms with Crippen molar-refractivity contribution in [3.63, 3.8) is 0 Å². The summed E-state index contributed by atoms with van der Waals surface area (Å²) in [5, 5.41) is 6.91. The van der Waals surface area contributed by atoms with Crippen LogP contribution in [0.15, 0.2) is 71.5 Å². The summed E-state index contributed by atoms with van der Waals surface area (Å²) in [5.41, 5.74) is -0.606. The van der Waals surface area contributed by atoms with Crippen LogP contribution >= 0.6 is 11.6 Å². The number of halogens is 4. The molecule has 0 atom stereocenters. The van der Waals surface area contributed by atoms with E-state index in [9.17, 15) is 18.4 Å². The van der Waals surface area contributed by atoms with Crippen molar-refractivity contribution in [1.82, 2.24) is 14.3 Å². The van der Waals surface area contributed by atoms with Crippen molar-refractivity contribution in [2.75, 3.05) is 5.32 Å². The van der Waals surface area contributed by atoms with E-state index < -0.39 is 29.7 Å². The van der Waals surface area contributed by atoms with Gasteiger partial charge in [0.1, 0.15) is 23.9 Å². The van der Waals surface area contributed by atoms with Crippen LogP contribution in [0.3, 0.4) is 0 Å². The van der Waals surface area contributed by atoms with E-state index in [4.69, 9.17) is 16.3 Å². The van der Waals surface area contributed by atoms with Crippen LogP contribution in [0.25, 0.3) is 5.69 Å². The standard InChI is InChI=1S/C24H18ClF3N4O3/c1-14-30-32(24(34)31(14)23(27)28)20-12-19(29-22(33)16-5-3-2-4-6-16)21(11-18(20)26)35-13-15-7-9-17(25)10-8-15/h2-12,23H,13H2,1H3,(H,29,33). The number of nitrogens with one attached hydrogen (secondary N) is 1. The number of alkyl halides is 2. The van der Waals surface area contributed by atoms with Crippen LogP contribution in [0, 0.1) is 12.7 Å². The predicted molar refractivity (Wildman–Crippen MR) is 124 cm³/mol. The van der Waals surface area contributed by atoms with Crippen molar-refractivity contribution in [2.45, 2.75) is 20.1 Å². The normalized spacial score (nSPS) is 11.0. The minimum atomic E-state index is -3.15. The molecule has 1 heterocycles. The van der Waals surface area contributed by atoms with E-state index in [0.717, 1.165) is 17.7 Å². The maximum Gasteiger partial charge on any atom is 0.355 e. The van der Waals surface area contributed by atoms with Gasteiger partial charge in [0.05, 0.1) is 5.69 Å². The second-order valence-corrected chi connectivity index (χ2v) is 7.86. The highest BCUT2D eigenvalue weighted by Crippen LogP contribution is 2.31. The number of amides is 1. The molecular formula is C24H18ClF3N4O3. The Kier molecular flexibility index (Phi) is 6.92. The van der Waals surface area contributed by atoms with Gasteiger partial charge in [0.15, 0.2) is 5.82 Å². The molecule has 4 aromatic rings. The highest BCUT2D eigenvalue weighted by atomic mass is 35.5. The van der Waals surface area contributed by atoms with Gasteiger partial charge in [0.2, 0.25) is 0 Å². The van der Waals surface area contributed by atoms with E-state index in [-0.39, 0.29) is 28.4 Å². The number of anilines is 1. The van der Waals surface area contributed by atoms with Gasteiger partial charge >= 0.3 is 12.2 Å². The molecule has 0 radical (unpaired) electrons. The Hall–Kier alpha value is -4.05. The van der Waals surface area contributed by atoms with Gasteiger partial charge in [-0.3, -0.25) is 4.79 Å². The van der Waals surface area contributed by atoms with Crippen molar-refractivity contribution < 1.29 is 22.7 Å². The first-order chi connectivity index (χ1) is 16.7. The number of benzene rings is 3. The van der Waals surface area contributed by atoms with Crippen LogP contribution in [-0.2, 0) is 6.61 Å². The summed E-state index contributed by atoms with van der Waals surface area (Å²) < 4.78 is 47.9. The molecule has 1 N–H and O–H groups in total. The smallest absolute Gasteiger partial charge is 0.355 e. The molecular weight excluding hydrogens is 485 g/mol. The Morgan fingerprint density at radius 3 is 2.43 bits per heavy atom. The van der Waals surface area contributed by atoms with Crippen LogP contribution in [0.5, 0.6) is 5.75 Å². The maximum absolute atomic E-state index is 15.1. The van der Waals surface area contributed by atoms with Gasteiger partial charge in [0.25, 0.3) is 5.91 Å². The number of carbonyl (C=O) groups is 1. The quantitative estimate of drug-likeness (QED) is 0.369. The number of hydrogen-bond acceptors (Lipinski definition) is 4. The van der Waals surface area contributed by atoms with Gasteiger partial charge in [-0.2, -0.15) is 13.5 Å². The molecule has 180 valence electrons. The van der Waals surface area contributed by atoms with Crippen LogP contribution in [0.1, 0.15) is 28.3 Å². The fourth-order valence-corrected chi connectivity index (χ4v) is 3.43. The number of ether oxygens (including phenoxy) is 1. The second-order valence-electron chi connectivity index (χ2n) is 7.42. The first-order valence-electron chi connectivity index (χ1n) is 10.3. The van der Waals surface area contributed by atoms with Gasteiger partial charge in [-0.25, -0.2) is 13.8 Å². The monoisotopic (exact) mass is 502 g/mol. The molecule has 11 heteroatoms. The second kappa shape index (κ2) is 10.1. The molecule has 0 spiro atoms. The third-order valence-electron chi connectivity index (χ3n) is 5.04. The van der Waals surface area contributed by atoms with Crippen molar-refractivity contribution >= 4 is 23.2 Å². The summed E-state index contributed by atoms with van der Waals surface area (Å²) in [4.78, 5) is 25.2. The maximum atomic E-state index is 15.1. The van der Waals surface area contributed by atoms with E-state index in [2.05, 4.69) is 10.4 Å². The first kappa shape index (κ1) is 24.1. The molecule has 4 rings (SSSR count). The molecule has 1 aromatic heterocycles. The fraction of sp³-hybridized carbons (Fsp3) is 0.125. The molecule has 3 aromatic carbocycles. The lowest BCUT2D eigenvalue weighted by Gasteiger charge is -2.15. The van der Waals surface area contributed by atoms with Crippen LogP contribution < -0.4 is 15.7 Å². The third-order valence-corrected chi connectivity index (χ3v) is 5.30. The lowest BCUT2D eigenvalue weighted by atomic mass is 10.2. The Balaban J connectivity index is 1.75. The Labute approximate surface area is 202 Å². The number of aromatic nitrogens is 3. The molecule has 0 aliphatic carbocycles. The topological polar surface area (TPSA) is 78.2 Å². The zero-order chi connectivity index (χ0) is 25.1. The molecule has 7 nitrogen and oxygen atoms in total. The summed E-state index contributed by atoms with van der Waals surface area (Å²) in [5.74, 6) is -1.83. The Morgan fingerprint density at radius 1 is 1.11 bits per heavy atom. The number of hydrogen-bond donors (Lipinski definition) is 1. The van der Waals surface area contributed by atoms with E-state index >= 15 is 4.39 Å². The van der Waals surface area contributed by atoms with Crippen LogP contribution in [-0.4, -0.2) is 20.3 Å². The number of nitrogens with zero attached hydrogens (tertiary/aromatic N) is 3. The number of aryl methyl sites for hydroxylation is 1. The summed E-state index contributed by atoms with van der Waals surface area (Å²) in [6, 6.07) is 17.0. The van der Waals surface area contributed by atoms with Gasteiger partial charge in [0, 0.05) is 16.7 Å². The molecule has 0 saturated heterocycles. The van der Waals surface area contributed by atoms with Crippen molar-refractivity contribution in [3.05, 3.63) is 105 Å². The molecule has 0 fully saturated rings. The number of carbonyl (C=O) groups excluding carboxylic acids is 1. The van der Waals surface area contributed by atoms with E-state index in [1.165, 1.54) is 6.92 Å². The Morgan fingerprint density at radius 2 is 1.80 bits per heavy atom. The highest BCUT2D eigenvalue weighted by Gasteiger charge is 2.22. The van der Waals surface area contributed by atoms with Crippen molar-refractivity contribution in [3.8, 4) is 11.4 Å². The lowest BCUT2D eigenvalue weighted by Crippen LogP contribution is -2.25. The van der Waals surface area contributed by atoms with Crippen LogP contribution in [0.4, 0.5) is 18.9 Å². The Bertz CT molecular complexity index is 1420. The number of rotatable bonds is 7. The van der Waals surface area contributed by atoms with E-state index in [1.807, 2.05) is 0 Å². The summed E-state index contributed by atoms with van der Waals surface area (Å²) in [6.45, 7) is -1.94. The van der Waals surface area contributed by atoms with Gasteiger partial charge in [-0.05, 0) is 42.8 Å². The van der Waals surface area contributed by atoms with E-state index in [1.54, 1.807) is 54.6 Å². The first-order valence-corrected chi connectivity index (χ1v) is 10.7.